The Morgan fingerprint density at radius 1 is 1.43 bits per heavy atom. The summed E-state index contributed by atoms with van der Waals surface area (Å²) in [6, 6.07) is 5.72. The average Bonchev–Trinajstić information content (AvgIpc) is 2.39. The van der Waals surface area contributed by atoms with Crippen molar-refractivity contribution < 1.29 is 14.3 Å². The molecule has 1 fully saturated rings. The standard InChI is InChI=1S/C15H19BrN2O3/c1-9-4-5-13(12(16)6-9)21-10(2)15(20)18-7-11(8-18)14(19)17-3/h4-6,10-11H,7-8H2,1-3H3,(H,17,19). The average molecular weight is 355 g/mol. The lowest BCUT2D eigenvalue weighted by Crippen LogP contribution is -2.57. The number of hydrogen-bond donors (Lipinski definition) is 1. The van der Waals surface area contributed by atoms with Gasteiger partial charge in [-0.1, -0.05) is 6.07 Å². The van der Waals surface area contributed by atoms with Crippen molar-refractivity contribution in [2.45, 2.75) is 20.0 Å². The lowest BCUT2D eigenvalue weighted by atomic mass is 9.98. The van der Waals surface area contributed by atoms with Crippen LogP contribution in [0, 0.1) is 12.8 Å². The third-order valence-corrected chi connectivity index (χ3v) is 4.17. The van der Waals surface area contributed by atoms with Crippen molar-refractivity contribution in [2.75, 3.05) is 20.1 Å². The predicted octanol–water partition coefficient (Wildman–Crippen LogP) is 1.73. The van der Waals surface area contributed by atoms with Gasteiger partial charge in [0.05, 0.1) is 10.4 Å². The molecule has 0 saturated carbocycles. The normalized spacial score (nSPS) is 16.1. The van der Waals surface area contributed by atoms with Crippen LogP contribution in [0.5, 0.6) is 5.75 Å². The molecule has 1 aliphatic heterocycles. The first-order chi connectivity index (χ1) is 9.92. The van der Waals surface area contributed by atoms with Gasteiger partial charge in [-0.25, -0.2) is 0 Å². The third-order valence-electron chi connectivity index (χ3n) is 3.55. The molecule has 0 radical (unpaired) electrons. The maximum absolute atomic E-state index is 12.2. The number of nitrogens with zero attached hydrogens (tertiary/aromatic N) is 1. The van der Waals surface area contributed by atoms with Gasteiger partial charge in [-0.05, 0) is 47.5 Å². The number of nitrogens with one attached hydrogen (secondary N) is 1. The first kappa shape index (κ1) is 15.8. The van der Waals surface area contributed by atoms with Gasteiger partial charge in [-0.3, -0.25) is 9.59 Å². The number of rotatable bonds is 4. The van der Waals surface area contributed by atoms with Crippen molar-refractivity contribution >= 4 is 27.7 Å². The number of aryl methyl sites for hydroxylation is 1. The molecule has 1 unspecified atom stereocenters. The Labute approximate surface area is 132 Å². The first-order valence-electron chi connectivity index (χ1n) is 6.85. The summed E-state index contributed by atoms with van der Waals surface area (Å²) in [5, 5.41) is 2.59. The number of benzene rings is 1. The number of hydrogen-bond acceptors (Lipinski definition) is 3. The second-order valence-electron chi connectivity index (χ2n) is 5.25. The minimum Gasteiger partial charge on any atom is -0.480 e. The Kier molecular flexibility index (Phi) is 4.88. The van der Waals surface area contributed by atoms with Crippen molar-refractivity contribution in [1.29, 1.82) is 0 Å². The van der Waals surface area contributed by atoms with Gasteiger partial charge < -0.3 is 15.0 Å². The van der Waals surface area contributed by atoms with Crippen LogP contribution in [0.3, 0.4) is 0 Å². The Hall–Kier alpha value is -1.56. The minimum atomic E-state index is -0.574. The van der Waals surface area contributed by atoms with E-state index in [1.165, 1.54) is 0 Å². The number of carbonyl (C=O) groups is 2. The second kappa shape index (κ2) is 6.47. The van der Waals surface area contributed by atoms with E-state index in [1.807, 2.05) is 25.1 Å². The van der Waals surface area contributed by atoms with Crippen molar-refractivity contribution in [3.8, 4) is 5.75 Å². The first-order valence-corrected chi connectivity index (χ1v) is 7.65. The molecule has 21 heavy (non-hydrogen) atoms. The maximum atomic E-state index is 12.2. The largest absolute Gasteiger partial charge is 0.480 e. The van der Waals surface area contributed by atoms with Gasteiger partial charge in [0.15, 0.2) is 6.10 Å². The summed E-state index contributed by atoms with van der Waals surface area (Å²) in [6.45, 7) is 4.63. The van der Waals surface area contributed by atoms with Gasteiger partial charge >= 0.3 is 0 Å². The highest BCUT2D eigenvalue weighted by Gasteiger charge is 2.37. The molecule has 1 aromatic rings. The molecule has 2 rings (SSSR count). The van der Waals surface area contributed by atoms with E-state index in [1.54, 1.807) is 18.9 Å². The maximum Gasteiger partial charge on any atom is 0.263 e. The molecule has 6 heteroatoms. The molecule has 1 N–H and O–H groups in total. The molecule has 1 aliphatic rings. The van der Waals surface area contributed by atoms with E-state index in [-0.39, 0.29) is 17.7 Å². The summed E-state index contributed by atoms with van der Waals surface area (Å²) in [4.78, 5) is 25.3. The molecule has 2 amide bonds. The molecule has 5 nitrogen and oxygen atoms in total. The van der Waals surface area contributed by atoms with Crippen LogP contribution in [-0.2, 0) is 9.59 Å². The van der Waals surface area contributed by atoms with Crippen LogP contribution in [0.2, 0.25) is 0 Å². The highest BCUT2D eigenvalue weighted by molar-refractivity contribution is 9.10. The highest BCUT2D eigenvalue weighted by atomic mass is 79.9. The van der Waals surface area contributed by atoms with E-state index in [0.29, 0.717) is 18.8 Å². The zero-order chi connectivity index (χ0) is 15.6. The van der Waals surface area contributed by atoms with Crippen molar-refractivity contribution in [3.63, 3.8) is 0 Å². The van der Waals surface area contributed by atoms with Crippen LogP contribution < -0.4 is 10.1 Å². The molecule has 0 bridgehead atoms. The van der Waals surface area contributed by atoms with Gasteiger partial charge in [-0.2, -0.15) is 0 Å². The van der Waals surface area contributed by atoms with Gasteiger partial charge in [-0.15, -0.1) is 0 Å². The Morgan fingerprint density at radius 2 is 2.10 bits per heavy atom. The minimum absolute atomic E-state index is 0.0195. The summed E-state index contributed by atoms with van der Waals surface area (Å²) in [7, 11) is 1.60. The predicted molar refractivity (Wildman–Crippen MR) is 83.1 cm³/mol. The second-order valence-corrected chi connectivity index (χ2v) is 6.10. The molecule has 1 heterocycles. The monoisotopic (exact) mass is 354 g/mol. The lowest BCUT2D eigenvalue weighted by Gasteiger charge is -2.39. The summed E-state index contributed by atoms with van der Waals surface area (Å²) < 4.78 is 6.53. The van der Waals surface area contributed by atoms with Crippen LogP contribution in [0.1, 0.15) is 12.5 Å². The summed E-state index contributed by atoms with van der Waals surface area (Å²) in [6.07, 6.45) is -0.574. The fourth-order valence-electron chi connectivity index (χ4n) is 2.23. The highest BCUT2D eigenvalue weighted by Crippen LogP contribution is 2.27. The third kappa shape index (κ3) is 3.56. The summed E-state index contributed by atoms with van der Waals surface area (Å²) in [5.41, 5.74) is 1.12. The zero-order valence-electron chi connectivity index (χ0n) is 12.4. The molecule has 1 saturated heterocycles. The number of amides is 2. The molecule has 0 aromatic heterocycles. The summed E-state index contributed by atoms with van der Waals surface area (Å²) >= 11 is 3.43. The Balaban J connectivity index is 1.91. The lowest BCUT2D eigenvalue weighted by molar-refractivity contribution is -0.148. The molecule has 1 aromatic carbocycles. The molecule has 1 atom stereocenters. The number of likely N-dealkylation sites (tertiary alicyclic amines) is 1. The van der Waals surface area contributed by atoms with Crippen molar-refractivity contribution in [1.82, 2.24) is 10.2 Å². The van der Waals surface area contributed by atoms with Crippen LogP contribution in [0.15, 0.2) is 22.7 Å². The van der Waals surface area contributed by atoms with Crippen molar-refractivity contribution in [3.05, 3.63) is 28.2 Å². The topological polar surface area (TPSA) is 58.6 Å². The van der Waals surface area contributed by atoms with Gasteiger partial charge in [0.2, 0.25) is 5.91 Å². The quantitative estimate of drug-likeness (QED) is 0.895. The van der Waals surface area contributed by atoms with Gasteiger partial charge in [0.1, 0.15) is 5.75 Å². The fraction of sp³-hybridized carbons (Fsp3) is 0.467. The summed E-state index contributed by atoms with van der Waals surface area (Å²) in [5.74, 6) is 0.429. The fourth-order valence-corrected chi connectivity index (χ4v) is 2.81. The molecule has 0 spiro atoms. The Morgan fingerprint density at radius 3 is 2.67 bits per heavy atom. The van der Waals surface area contributed by atoms with E-state index in [4.69, 9.17) is 4.74 Å². The van der Waals surface area contributed by atoms with Gasteiger partial charge in [0, 0.05) is 20.1 Å². The smallest absolute Gasteiger partial charge is 0.263 e. The van der Waals surface area contributed by atoms with Gasteiger partial charge in [0.25, 0.3) is 5.91 Å². The molecular formula is C15H19BrN2O3. The SMILES string of the molecule is CNC(=O)C1CN(C(=O)C(C)Oc2ccc(C)cc2Br)C1. The van der Waals surface area contributed by atoms with Crippen LogP contribution >= 0.6 is 15.9 Å². The molecular weight excluding hydrogens is 336 g/mol. The molecule has 114 valence electrons. The van der Waals surface area contributed by atoms with E-state index in [9.17, 15) is 9.59 Å². The number of ether oxygens (including phenoxy) is 1. The van der Waals surface area contributed by atoms with Crippen molar-refractivity contribution in [2.24, 2.45) is 5.92 Å². The van der Waals surface area contributed by atoms with E-state index in [0.717, 1.165) is 10.0 Å². The van der Waals surface area contributed by atoms with Crippen LogP contribution in [0.25, 0.3) is 0 Å². The van der Waals surface area contributed by atoms with Crippen LogP contribution in [0.4, 0.5) is 0 Å². The number of carbonyl (C=O) groups excluding carboxylic acids is 2. The van der Waals surface area contributed by atoms with E-state index in [2.05, 4.69) is 21.2 Å². The zero-order valence-corrected chi connectivity index (χ0v) is 13.9. The van der Waals surface area contributed by atoms with Crippen LogP contribution in [-0.4, -0.2) is 43.0 Å². The van der Waals surface area contributed by atoms with E-state index >= 15 is 0 Å². The Bertz CT molecular complexity index is 556. The van der Waals surface area contributed by atoms with E-state index < -0.39 is 6.10 Å². The molecule has 0 aliphatic carbocycles. The number of halogens is 1.